The summed E-state index contributed by atoms with van der Waals surface area (Å²) < 4.78 is 45.8. The third kappa shape index (κ3) is 5.51. The highest BCUT2D eigenvalue weighted by molar-refractivity contribution is 5.79. The zero-order chi connectivity index (χ0) is 22.9. The number of ether oxygens (including phenoxy) is 1. The van der Waals surface area contributed by atoms with E-state index in [0.717, 1.165) is 0 Å². The van der Waals surface area contributed by atoms with E-state index in [1.165, 1.54) is 4.90 Å². The number of alkyl halides is 3. The largest absolute Gasteiger partial charge is 0.433 e. The first-order valence-electron chi connectivity index (χ1n) is 10.3. The van der Waals surface area contributed by atoms with Crippen LogP contribution < -0.4 is 5.73 Å². The number of halogens is 3. The Morgan fingerprint density at radius 3 is 2.68 bits per heavy atom. The molecule has 2 N–H and O–H groups in total. The van der Waals surface area contributed by atoms with Crippen molar-refractivity contribution < 1.29 is 27.5 Å². The van der Waals surface area contributed by atoms with Crippen molar-refractivity contribution in [3.63, 3.8) is 0 Å². The van der Waals surface area contributed by atoms with Gasteiger partial charge in [0.25, 0.3) is 0 Å². The lowest BCUT2D eigenvalue weighted by atomic mass is 10.0. The highest BCUT2D eigenvalue weighted by Crippen LogP contribution is 2.34. The summed E-state index contributed by atoms with van der Waals surface area (Å²) in [7, 11) is 0. The summed E-state index contributed by atoms with van der Waals surface area (Å²) in [6, 6.07) is -0.578. The molecule has 0 saturated carbocycles. The molecule has 2 aliphatic heterocycles. The van der Waals surface area contributed by atoms with Crippen LogP contribution in [0.5, 0.6) is 0 Å². The molecular weight excluding hydrogens is 415 g/mol. The molecule has 172 valence electrons. The van der Waals surface area contributed by atoms with Gasteiger partial charge >= 0.3 is 6.18 Å². The molecule has 1 fully saturated rings. The predicted octanol–water partition coefficient (Wildman–Crippen LogP) is 1.47. The molecule has 3 rings (SSSR count). The molecule has 2 amide bonds. The van der Waals surface area contributed by atoms with Gasteiger partial charge in [0.1, 0.15) is 12.4 Å². The van der Waals surface area contributed by atoms with Crippen LogP contribution in [-0.4, -0.2) is 70.0 Å². The topological polar surface area (TPSA) is 102 Å². The number of hydrogen-bond donors (Lipinski definition) is 1. The molecule has 3 heterocycles. The van der Waals surface area contributed by atoms with E-state index in [4.69, 9.17) is 10.5 Å². The Bertz CT molecular complexity index is 846. The van der Waals surface area contributed by atoms with Crippen molar-refractivity contribution in [2.45, 2.75) is 64.4 Å². The molecule has 0 spiro atoms. The highest BCUT2D eigenvalue weighted by atomic mass is 19.4. The second kappa shape index (κ2) is 9.07. The second-order valence-corrected chi connectivity index (χ2v) is 8.46. The molecule has 11 heteroatoms. The van der Waals surface area contributed by atoms with Crippen LogP contribution in [0.4, 0.5) is 13.2 Å². The van der Waals surface area contributed by atoms with E-state index in [1.807, 2.05) is 6.92 Å². The maximum atomic E-state index is 13.5. The fraction of sp³-hybridized carbons (Fsp3) is 0.700. The summed E-state index contributed by atoms with van der Waals surface area (Å²) in [5, 5.41) is 0. The molecule has 0 unspecified atom stereocenters. The normalized spacial score (nSPS) is 20.8. The smallest absolute Gasteiger partial charge is 0.367 e. The summed E-state index contributed by atoms with van der Waals surface area (Å²) >= 11 is 0. The standard InChI is InChI=1S/C20H28F3N5O3/c1-11(2)19-25-15-9-27(5-4-14(15)18(26-19)20(21,22)23)16(29)6-13(24)8-28-7-12(3)31-10-17(28)30/h11-13H,4-10,24H2,1-3H3/t12-,13+/m0/s1. The summed E-state index contributed by atoms with van der Waals surface area (Å²) in [5.41, 5.74) is 5.48. The molecule has 8 nitrogen and oxygen atoms in total. The van der Waals surface area contributed by atoms with Crippen LogP contribution in [0.15, 0.2) is 0 Å². The number of fused-ring (bicyclic) bond motifs is 1. The predicted molar refractivity (Wildman–Crippen MR) is 105 cm³/mol. The number of carbonyl (C=O) groups excluding carboxylic acids is 2. The van der Waals surface area contributed by atoms with E-state index in [1.54, 1.807) is 18.7 Å². The van der Waals surface area contributed by atoms with Crippen molar-refractivity contribution in [2.24, 2.45) is 5.73 Å². The first-order chi connectivity index (χ1) is 14.5. The third-order valence-corrected chi connectivity index (χ3v) is 5.43. The van der Waals surface area contributed by atoms with Crippen LogP contribution >= 0.6 is 0 Å². The minimum absolute atomic E-state index is 0.00975. The minimum Gasteiger partial charge on any atom is -0.367 e. The molecule has 0 bridgehead atoms. The quantitative estimate of drug-likeness (QED) is 0.740. The molecule has 1 aromatic heterocycles. The first-order valence-corrected chi connectivity index (χ1v) is 10.3. The Kier molecular flexibility index (Phi) is 6.85. The van der Waals surface area contributed by atoms with Gasteiger partial charge in [0.15, 0.2) is 5.69 Å². The Labute approximate surface area is 178 Å². The number of carbonyl (C=O) groups is 2. The van der Waals surface area contributed by atoms with Crippen molar-refractivity contribution in [3.8, 4) is 0 Å². The van der Waals surface area contributed by atoms with Crippen LogP contribution in [0.25, 0.3) is 0 Å². The van der Waals surface area contributed by atoms with Gasteiger partial charge in [-0.2, -0.15) is 13.2 Å². The fourth-order valence-electron chi connectivity index (χ4n) is 3.80. The second-order valence-electron chi connectivity index (χ2n) is 8.46. The van der Waals surface area contributed by atoms with Crippen LogP contribution in [-0.2, 0) is 33.5 Å². The summed E-state index contributed by atoms with van der Waals surface area (Å²) in [6.45, 7) is 6.04. The molecular formula is C20H28F3N5O3. The van der Waals surface area contributed by atoms with Gasteiger partial charge in [0.05, 0.1) is 18.3 Å². The molecule has 2 aliphatic rings. The van der Waals surface area contributed by atoms with Crippen molar-refractivity contribution in [1.29, 1.82) is 0 Å². The van der Waals surface area contributed by atoms with Crippen LogP contribution in [0, 0.1) is 0 Å². The molecule has 0 aliphatic carbocycles. The van der Waals surface area contributed by atoms with Gasteiger partial charge in [-0.05, 0) is 13.3 Å². The van der Waals surface area contributed by atoms with Crippen molar-refractivity contribution >= 4 is 11.8 Å². The lowest BCUT2D eigenvalue weighted by Crippen LogP contribution is -2.51. The van der Waals surface area contributed by atoms with Crippen molar-refractivity contribution in [2.75, 3.05) is 26.2 Å². The molecule has 31 heavy (non-hydrogen) atoms. The number of hydrogen-bond acceptors (Lipinski definition) is 6. The maximum absolute atomic E-state index is 13.5. The van der Waals surface area contributed by atoms with E-state index in [9.17, 15) is 22.8 Å². The van der Waals surface area contributed by atoms with Gasteiger partial charge in [0.2, 0.25) is 11.8 Å². The lowest BCUT2D eigenvalue weighted by Gasteiger charge is -2.34. The highest BCUT2D eigenvalue weighted by Gasteiger charge is 2.39. The average Bonchev–Trinajstić information content (AvgIpc) is 2.68. The van der Waals surface area contributed by atoms with Crippen LogP contribution in [0.1, 0.15) is 55.9 Å². The number of aromatic nitrogens is 2. The van der Waals surface area contributed by atoms with Crippen LogP contribution in [0.3, 0.4) is 0 Å². The maximum Gasteiger partial charge on any atom is 0.433 e. The van der Waals surface area contributed by atoms with Gasteiger partial charge in [-0.15, -0.1) is 0 Å². The first kappa shape index (κ1) is 23.4. The van der Waals surface area contributed by atoms with Gasteiger partial charge in [-0.3, -0.25) is 9.59 Å². The average molecular weight is 443 g/mol. The fourth-order valence-corrected chi connectivity index (χ4v) is 3.80. The van der Waals surface area contributed by atoms with Crippen molar-refractivity contribution in [3.05, 3.63) is 22.8 Å². The third-order valence-electron chi connectivity index (χ3n) is 5.43. The molecule has 0 aromatic carbocycles. The number of morpholine rings is 1. The Hall–Kier alpha value is -2.27. The number of nitrogens with zero attached hydrogens (tertiary/aromatic N) is 4. The zero-order valence-corrected chi connectivity index (χ0v) is 17.9. The number of nitrogens with two attached hydrogens (primary N) is 1. The molecule has 1 aromatic rings. The minimum atomic E-state index is -4.58. The van der Waals surface area contributed by atoms with Crippen molar-refractivity contribution in [1.82, 2.24) is 19.8 Å². The van der Waals surface area contributed by atoms with E-state index < -0.39 is 17.9 Å². The number of rotatable bonds is 5. The van der Waals surface area contributed by atoms with Gasteiger partial charge in [0, 0.05) is 43.6 Å². The molecule has 2 atom stereocenters. The van der Waals surface area contributed by atoms with Crippen LogP contribution in [0.2, 0.25) is 0 Å². The van der Waals surface area contributed by atoms with Gasteiger partial charge < -0.3 is 20.3 Å². The zero-order valence-electron chi connectivity index (χ0n) is 17.9. The summed E-state index contributed by atoms with van der Waals surface area (Å²) in [4.78, 5) is 35.8. The Morgan fingerprint density at radius 1 is 1.32 bits per heavy atom. The SMILES string of the molecule is CC(C)c1nc2c(c(C(F)(F)F)n1)CCN(C(=O)C[C@@H](N)CN1C[C@H](C)OCC1=O)C2. The summed E-state index contributed by atoms with van der Waals surface area (Å²) in [5.74, 6) is -0.618. The summed E-state index contributed by atoms with van der Waals surface area (Å²) in [6.07, 6.45) is -4.66. The molecule has 0 radical (unpaired) electrons. The molecule has 1 saturated heterocycles. The van der Waals surface area contributed by atoms with E-state index in [0.29, 0.717) is 6.54 Å². The Balaban J connectivity index is 1.69. The van der Waals surface area contributed by atoms with Gasteiger partial charge in [-0.1, -0.05) is 13.8 Å². The van der Waals surface area contributed by atoms with E-state index >= 15 is 0 Å². The Morgan fingerprint density at radius 2 is 2.03 bits per heavy atom. The lowest BCUT2D eigenvalue weighted by molar-refractivity contribution is -0.148. The van der Waals surface area contributed by atoms with E-state index in [-0.39, 0.29) is 80.0 Å². The number of amides is 2. The van der Waals surface area contributed by atoms with Gasteiger partial charge in [-0.25, -0.2) is 9.97 Å². The van der Waals surface area contributed by atoms with E-state index in [2.05, 4.69) is 9.97 Å². The monoisotopic (exact) mass is 443 g/mol.